The molecule has 0 N–H and O–H groups in total. The van der Waals surface area contributed by atoms with Crippen molar-refractivity contribution < 1.29 is 13.9 Å². The van der Waals surface area contributed by atoms with Gasteiger partial charge in [-0.3, -0.25) is 9.59 Å². The summed E-state index contributed by atoms with van der Waals surface area (Å²) in [5, 5.41) is 0.890. The molecular weight excluding hydrogens is 408 g/mol. The number of aryl methyl sites for hydroxylation is 2. The number of benzene rings is 1. The first kappa shape index (κ1) is 20.5. The monoisotopic (exact) mass is 434 g/mol. The van der Waals surface area contributed by atoms with E-state index in [2.05, 4.69) is 0 Å². The van der Waals surface area contributed by atoms with Gasteiger partial charge in [0.15, 0.2) is 6.61 Å². The summed E-state index contributed by atoms with van der Waals surface area (Å²) in [5.74, 6) is 0.907. The molecule has 4 heterocycles. The van der Waals surface area contributed by atoms with Crippen LogP contribution in [0, 0.1) is 12.8 Å². The molecule has 2 atom stereocenters. The highest BCUT2D eigenvalue weighted by Crippen LogP contribution is 2.35. The molecule has 1 aromatic carbocycles. The number of hydrogen-bond acceptors (Lipinski definition) is 5. The zero-order valence-corrected chi connectivity index (χ0v) is 18.3. The Morgan fingerprint density at radius 2 is 2.00 bits per heavy atom. The van der Waals surface area contributed by atoms with Crippen LogP contribution in [0.2, 0.25) is 0 Å². The Kier molecular flexibility index (Phi) is 5.12. The molecule has 2 aliphatic rings. The molecule has 32 heavy (non-hydrogen) atoms. The van der Waals surface area contributed by atoms with Gasteiger partial charge < -0.3 is 18.6 Å². The Morgan fingerprint density at radius 1 is 1.16 bits per heavy atom. The quantitative estimate of drug-likeness (QED) is 0.590. The summed E-state index contributed by atoms with van der Waals surface area (Å²) in [6, 6.07) is 10.6. The molecule has 1 saturated heterocycles. The molecule has 0 unspecified atom stereocenters. The molecule has 0 aliphatic carbocycles. The average Bonchev–Trinajstić information content (AvgIpc) is 2.79. The summed E-state index contributed by atoms with van der Waals surface area (Å²) < 4.78 is 13.2. The lowest BCUT2D eigenvalue weighted by atomic mass is 9.83. The molecule has 0 radical (unpaired) electrons. The summed E-state index contributed by atoms with van der Waals surface area (Å²) in [6.07, 6.45) is 1.73. The number of fused-ring (bicyclic) bond motifs is 5. The zero-order chi connectivity index (χ0) is 22.4. The standard InChI is InChI=1S/C25H26N2O5/c1-3-17-10-24(30)32-25-15(2)21(8-7-19(17)25)31-14-23(29)26-11-16-9-18(13-26)20-5-4-6-22(28)27(20)12-16/h4-8,10,16,18H,3,9,11-14H2,1-2H3/t16-,18+/m1/s1. The van der Waals surface area contributed by atoms with Gasteiger partial charge in [0, 0.05) is 54.3 Å². The summed E-state index contributed by atoms with van der Waals surface area (Å²) in [7, 11) is 0. The van der Waals surface area contributed by atoms with E-state index in [1.807, 2.05) is 41.5 Å². The van der Waals surface area contributed by atoms with Crippen LogP contribution in [0.1, 0.15) is 36.1 Å². The number of likely N-dealkylation sites (tertiary alicyclic amines) is 1. The third kappa shape index (κ3) is 3.51. The second-order valence-corrected chi connectivity index (χ2v) is 8.80. The lowest BCUT2D eigenvalue weighted by Crippen LogP contribution is -2.50. The van der Waals surface area contributed by atoms with Crippen molar-refractivity contribution in [1.82, 2.24) is 9.47 Å². The van der Waals surface area contributed by atoms with Crippen molar-refractivity contribution in [3.8, 4) is 5.75 Å². The van der Waals surface area contributed by atoms with Crippen LogP contribution in [0.15, 0.2) is 50.4 Å². The number of carbonyl (C=O) groups is 1. The maximum absolute atomic E-state index is 13.0. The number of carbonyl (C=O) groups excluding carboxylic acids is 1. The molecular formula is C25H26N2O5. The van der Waals surface area contributed by atoms with E-state index in [4.69, 9.17) is 9.15 Å². The van der Waals surface area contributed by atoms with Gasteiger partial charge in [-0.05, 0) is 49.4 Å². The van der Waals surface area contributed by atoms with Gasteiger partial charge in [0.05, 0.1) is 0 Å². The maximum Gasteiger partial charge on any atom is 0.336 e. The second-order valence-electron chi connectivity index (χ2n) is 8.80. The molecule has 5 rings (SSSR count). The Bertz CT molecular complexity index is 1320. The SMILES string of the molecule is CCc1cc(=O)oc2c(C)c(OCC(=O)N3C[C@H]4C[C@@H](C3)c3cccc(=O)n3C4)ccc12. The fourth-order valence-electron chi connectivity index (χ4n) is 5.19. The number of amides is 1. The average molecular weight is 434 g/mol. The van der Waals surface area contributed by atoms with Gasteiger partial charge in [-0.25, -0.2) is 4.79 Å². The van der Waals surface area contributed by atoms with E-state index in [0.29, 0.717) is 36.5 Å². The maximum atomic E-state index is 13.0. The number of hydrogen-bond donors (Lipinski definition) is 0. The Hall–Kier alpha value is -3.35. The smallest absolute Gasteiger partial charge is 0.336 e. The lowest BCUT2D eigenvalue weighted by molar-refractivity contribution is -0.136. The van der Waals surface area contributed by atoms with Crippen molar-refractivity contribution in [2.45, 2.75) is 39.2 Å². The fraction of sp³-hybridized carbons (Fsp3) is 0.400. The van der Waals surface area contributed by atoms with Gasteiger partial charge in [0.1, 0.15) is 11.3 Å². The minimum absolute atomic E-state index is 0.0324. The predicted octanol–water partition coefficient (Wildman–Crippen LogP) is 2.85. The summed E-state index contributed by atoms with van der Waals surface area (Å²) in [6.45, 7) is 5.63. The van der Waals surface area contributed by atoms with Crippen molar-refractivity contribution in [2.75, 3.05) is 19.7 Å². The normalized spacial score (nSPS) is 19.6. The molecule has 3 aromatic rings. The second kappa shape index (κ2) is 7.97. The molecule has 7 heteroatoms. The van der Waals surface area contributed by atoms with E-state index < -0.39 is 0 Å². The molecule has 2 aliphatic heterocycles. The van der Waals surface area contributed by atoms with E-state index in [1.54, 1.807) is 12.1 Å². The third-order valence-electron chi connectivity index (χ3n) is 6.76. The molecule has 2 aromatic heterocycles. The van der Waals surface area contributed by atoms with Gasteiger partial charge in [-0.1, -0.05) is 13.0 Å². The third-order valence-corrected chi connectivity index (χ3v) is 6.76. The van der Waals surface area contributed by atoms with Crippen LogP contribution in [0.25, 0.3) is 11.0 Å². The van der Waals surface area contributed by atoms with E-state index >= 15 is 0 Å². The molecule has 7 nitrogen and oxygen atoms in total. The van der Waals surface area contributed by atoms with Crippen LogP contribution in [0.3, 0.4) is 0 Å². The molecule has 0 spiro atoms. The van der Waals surface area contributed by atoms with E-state index in [1.165, 1.54) is 6.07 Å². The fourth-order valence-corrected chi connectivity index (χ4v) is 5.19. The van der Waals surface area contributed by atoms with Crippen molar-refractivity contribution in [3.05, 3.63) is 74.0 Å². The summed E-state index contributed by atoms with van der Waals surface area (Å²) in [5.41, 5.74) is 2.82. The van der Waals surface area contributed by atoms with Gasteiger partial charge in [-0.2, -0.15) is 0 Å². The Labute approximate surface area is 185 Å². The predicted molar refractivity (Wildman–Crippen MR) is 120 cm³/mol. The molecule has 166 valence electrons. The molecule has 1 amide bonds. The Morgan fingerprint density at radius 3 is 2.81 bits per heavy atom. The van der Waals surface area contributed by atoms with E-state index in [9.17, 15) is 14.4 Å². The largest absolute Gasteiger partial charge is 0.483 e. The minimum atomic E-state index is -0.384. The number of rotatable bonds is 4. The van der Waals surface area contributed by atoms with Crippen LogP contribution in [0.5, 0.6) is 5.75 Å². The van der Waals surface area contributed by atoms with Crippen LogP contribution in [-0.4, -0.2) is 35.1 Å². The van der Waals surface area contributed by atoms with Gasteiger partial charge >= 0.3 is 5.63 Å². The topological polar surface area (TPSA) is 81.8 Å². The molecule has 2 bridgehead atoms. The van der Waals surface area contributed by atoms with Crippen LogP contribution in [-0.2, 0) is 17.8 Å². The number of piperidine rings is 1. The van der Waals surface area contributed by atoms with Crippen molar-refractivity contribution in [2.24, 2.45) is 5.92 Å². The number of aromatic nitrogens is 1. The Balaban J connectivity index is 1.33. The molecule has 1 fully saturated rings. The van der Waals surface area contributed by atoms with Crippen molar-refractivity contribution >= 4 is 16.9 Å². The molecule has 0 saturated carbocycles. The van der Waals surface area contributed by atoms with Crippen molar-refractivity contribution in [1.29, 1.82) is 0 Å². The van der Waals surface area contributed by atoms with Gasteiger partial charge in [0.2, 0.25) is 0 Å². The first-order valence-corrected chi connectivity index (χ1v) is 11.1. The minimum Gasteiger partial charge on any atom is -0.483 e. The van der Waals surface area contributed by atoms with E-state index in [0.717, 1.165) is 29.5 Å². The lowest BCUT2D eigenvalue weighted by Gasteiger charge is -2.42. The van der Waals surface area contributed by atoms with Gasteiger partial charge in [-0.15, -0.1) is 0 Å². The summed E-state index contributed by atoms with van der Waals surface area (Å²) in [4.78, 5) is 38.9. The van der Waals surface area contributed by atoms with Crippen LogP contribution in [0.4, 0.5) is 0 Å². The van der Waals surface area contributed by atoms with Crippen LogP contribution < -0.4 is 15.9 Å². The van der Waals surface area contributed by atoms with E-state index in [-0.39, 0.29) is 35.5 Å². The first-order chi connectivity index (χ1) is 15.4. The number of ether oxygens (including phenoxy) is 1. The summed E-state index contributed by atoms with van der Waals surface area (Å²) >= 11 is 0. The highest BCUT2D eigenvalue weighted by molar-refractivity contribution is 5.85. The van der Waals surface area contributed by atoms with Gasteiger partial charge in [0.25, 0.3) is 11.5 Å². The number of nitrogens with zero attached hydrogens (tertiary/aromatic N) is 2. The highest BCUT2D eigenvalue weighted by Gasteiger charge is 2.36. The zero-order valence-electron chi connectivity index (χ0n) is 18.3. The first-order valence-electron chi connectivity index (χ1n) is 11.1. The van der Waals surface area contributed by atoms with Crippen LogP contribution >= 0.6 is 0 Å². The van der Waals surface area contributed by atoms with Crippen molar-refractivity contribution in [3.63, 3.8) is 0 Å². The highest BCUT2D eigenvalue weighted by atomic mass is 16.5. The number of pyridine rings is 1.